The third-order valence-electron chi connectivity index (χ3n) is 2.36. The zero-order chi connectivity index (χ0) is 12.1. The summed E-state index contributed by atoms with van der Waals surface area (Å²) in [6, 6.07) is 7.63. The van der Waals surface area contributed by atoms with Crippen LogP contribution in [0.5, 0.6) is 0 Å². The van der Waals surface area contributed by atoms with Gasteiger partial charge in [-0.25, -0.2) is 0 Å². The number of aryl methyl sites for hydroxylation is 1. The summed E-state index contributed by atoms with van der Waals surface area (Å²) in [6.45, 7) is 0. The first-order chi connectivity index (χ1) is 8.29. The Morgan fingerprint density at radius 3 is 2.71 bits per heavy atom. The van der Waals surface area contributed by atoms with Crippen molar-refractivity contribution in [2.75, 3.05) is 11.2 Å². The van der Waals surface area contributed by atoms with Crippen LogP contribution in [0.15, 0.2) is 36.7 Å². The molecule has 0 aliphatic carbocycles. The number of hydrogen-bond donors (Lipinski definition) is 2. The van der Waals surface area contributed by atoms with Crippen LogP contribution in [-0.4, -0.2) is 22.0 Å². The second-order valence-corrected chi connectivity index (χ2v) is 3.95. The lowest BCUT2D eigenvalue weighted by atomic mass is 10.1. The molecule has 2 aromatic rings. The minimum absolute atomic E-state index is 0.177. The first-order valence-electron chi connectivity index (χ1n) is 5.24. The van der Waals surface area contributed by atoms with Gasteiger partial charge < -0.3 is 5.32 Å². The van der Waals surface area contributed by atoms with E-state index in [1.807, 2.05) is 24.3 Å². The van der Waals surface area contributed by atoms with Gasteiger partial charge in [0.15, 0.2) is 0 Å². The van der Waals surface area contributed by atoms with E-state index in [4.69, 9.17) is 11.6 Å². The van der Waals surface area contributed by atoms with Crippen molar-refractivity contribution in [3.63, 3.8) is 0 Å². The van der Waals surface area contributed by atoms with Gasteiger partial charge in [0, 0.05) is 17.8 Å². The van der Waals surface area contributed by atoms with E-state index >= 15 is 0 Å². The average molecular weight is 250 g/mol. The van der Waals surface area contributed by atoms with Gasteiger partial charge in [0.2, 0.25) is 0 Å². The number of benzene rings is 1. The van der Waals surface area contributed by atoms with Crippen LogP contribution in [-0.2, 0) is 6.42 Å². The van der Waals surface area contributed by atoms with Crippen molar-refractivity contribution >= 4 is 23.2 Å². The van der Waals surface area contributed by atoms with E-state index in [1.54, 1.807) is 6.20 Å². The Morgan fingerprint density at radius 2 is 2.12 bits per heavy atom. The number of amides is 1. The smallest absolute Gasteiger partial charge is 0.258 e. The number of aromatic nitrogens is 2. The van der Waals surface area contributed by atoms with Crippen LogP contribution in [0.1, 0.15) is 15.9 Å². The third kappa shape index (κ3) is 3.07. The van der Waals surface area contributed by atoms with Crippen LogP contribution in [0.25, 0.3) is 0 Å². The molecule has 1 heterocycles. The highest BCUT2D eigenvalue weighted by Gasteiger charge is 2.06. The Labute approximate surface area is 104 Å². The first-order valence-corrected chi connectivity index (χ1v) is 5.78. The lowest BCUT2D eigenvalue weighted by Gasteiger charge is -2.04. The fourth-order valence-electron chi connectivity index (χ4n) is 1.44. The summed E-state index contributed by atoms with van der Waals surface area (Å²) in [7, 11) is 0. The molecule has 0 fully saturated rings. The van der Waals surface area contributed by atoms with Gasteiger partial charge in [-0.2, -0.15) is 5.10 Å². The molecule has 88 valence electrons. The molecule has 1 aromatic heterocycles. The number of nitrogens with zero attached hydrogens (tertiary/aromatic N) is 1. The fourth-order valence-corrected chi connectivity index (χ4v) is 1.66. The number of alkyl halides is 1. The van der Waals surface area contributed by atoms with Gasteiger partial charge >= 0.3 is 0 Å². The predicted octanol–water partition coefficient (Wildman–Crippen LogP) is 2.44. The molecule has 0 spiro atoms. The molecule has 0 saturated heterocycles. The molecule has 2 rings (SSSR count). The molecule has 0 atom stereocenters. The van der Waals surface area contributed by atoms with E-state index in [0.29, 0.717) is 11.4 Å². The number of rotatable bonds is 4. The van der Waals surface area contributed by atoms with Gasteiger partial charge in [-0.3, -0.25) is 9.89 Å². The Bertz CT molecular complexity index is 479. The molecule has 1 amide bonds. The first kappa shape index (κ1) is 11.7. The zero-order valence-electron chi connectivity index (χ0n) is 9.11. The molecule has 0 bridgehead atoms. The Morgan fingerprint density at radius 1 is 1.35 bits per heavy atom. The molecule has 17 heavy (non-hydrogen) atoms. The van der Waals surface area contributed by atoms with Crippen molar-refractivity contribution in [2.24, 2.45) is 0 Å². The van der Waals surface area contributed by atoms with E-state index in [9.17, 15) is 4.79 Å². The van der Waals surface area contributed by atoms with E-state index in [2.05, 4.69) is 15.5 Å². The van der Waals surface area contributed by atoms with Crippen molar-refractivity contribution in [1.82, 2.24) is 10.2 Å². The average Bonchev–Trinajstić information content (AvgIpc) is 2.86. The molecule has 1 aromatic carbocycles. The topological polar surface area (TPSA) is 57.8 Å². The minimum Gasteiger partial charge on any atom is -0.322 e. The highest BCUT2D eigenvalue weighted by Crippen LogP contribution is 2.11. The second kappa shape index (κ2) is 5.50. The number of carbonyl (C=O) groups excluding carboxylic acids is 1. The molecule has 0 radical (unpaired) electrons. The summed E-state index contributed by atoms with van der Waals surface area (Å²) in [4.78, 5) is 11.7. The van der Waals surface area contributed by atoms with Crippen molar-refractivity contribution in [3.8, 4) is 0 Å². The SMILES string of the molecule is O=C(Nc1ccc(CCCl)cc1)c1cn[nH]c1. The zero-order valence-corrected chi connectivity index (χ0v) is 9.87. The van der Waals surface area contributed by atoms with Crippen molar-refractivity contribution in [1.29, 1.82) is 0 Å². The second-order valence-electron chi connectivity index (χ2n) is 3.58. The summed E-state index contributed by atoms with van der Waals surface area (Å²) < 4.78 is 0. The summed E-state index contributed by atoms with van der Waals surface area (Å²) >= 11 is 5.65. The fraction of sp³-hybridized carbons (Fsp3) is 0.167. The highest BCUT2D eigenvalue weighted by atomic mass is 35.5. The van der Waals surface area contributed by atoms with Gasteiger partial charge in [0.25, 0.3) is 5.91 Å². The molecule has 0 aliphatic rings. The Hall–Kier alpha value is -1.81. The van der Waals surface area contributed by atoms with E-state index in [1.165, 1.54) is 6.20 Å². The number of anilines is 1. The molecular weight excluding hydrogens is 238 g/mol. The lowest BCUT2D eigenvalue weighted by molar-refractivity contribution is 0.102. The number of halogens is 1. The summed E-state index contributed by atoms with van der Waals surface area (Å²) in [6.07, 6.45) is 3.87. The largest absolute Gasteiger partial charge is 0.322 e. The van der Waals surface area contributed by atoms with Crippen LogP contribution in [0.4, 0.5) is 5.69 Å². The number of H-pyrrole nitrogens is 1. The van der Waals surface area contributed by atoms with Crippen LogP contribution < -0.4 is 5.32 Å². The van der Waals surface area contributed by atoms with Gasteiger partial charge in [-0.05, 0) is 24.1 Å². The Balaban J connectivity index is 2.01. The van der Waals surface area contributed by atoms with Crippen LogP contribution in [0, 0.1) is 0 Å². The van der Waals surface area contributed by atoms with Crippen LogP contribution in [0.2, 0.25) is 0 Å². The van der Waals surface area contributed by atoms with Gasteiger partial charge in [-0.1, -0.05) is 12.1 Å². The maximum Gasteiger partial charge on any atom is 0.258 e. The lowest BCUT2D eigenvalue weighted by Crippen LogP contribution is -2.10. The summed E-state index contributed by atoms with van der Waals surface area (Å²) in [5.74, 6) is 0.421. The van der Waals surface area contributed by atoms with Crippen molar-refractivity contribution in [3.05, 3.63) is 47.8 Å². The summed E-state index contributed by atoms with van der Waals surface area (Å²) in [5.41, 5.74) is 2.42. The van der Waals surface area contributed by atoms with Crippen LogP contribution in [0.3, 0.4) is 0 Å². The number of carbonyl (C=O) groups is 1. The predicted molar refractivity (Wildman–Crippen MR) is 67.4 cm³/mol. The maximum absolute atomic E-state index is 11.7. The standard InChI is InChI=1S/C12H12ClN3O/c13-6-5-9-1-3-11(4-2-9)16-12(17)10-7-14-15-8-10/h1-4,7-8H,5-6H2,(H,14,15)(H,16,17). The van der Waals surface area contributed by atoms with Gasteiger partial charge in [0.05, 0.1) is 11.8 Å². The molecule has 4 nitrogen and oxygen atoms in total. The van der Waals surface area contributed by atoms with E-state index in [0.717, 1.165) is 17.7 Å². The molecule has 0 saturated carbocycles. The maximum atomic E-state index is 11.7. The number of nitrogens with one attached hydrogen (secondary N) is 2. The normalized spacial score (nSPS) is 10.2. The highest BCUT2D eigenvalue weighted by molar-refractivity contribution is 6.18. The molecule has 0 aliphatic heterocycles. The number of hydrogen-bond acceptors (Lipinski definition) is 2. The molecule has 0 unspecified atom stereocenters. The molecule has 5 heteroatoms. The number of aromatic amines is 1. The van der Waals surface area contributed by atoms with E-state index < -0.39 is 0 Å². The Kier molecular flexibility index (Phi) is 3.77. The minimum atomic E-state index is -0.177. The monoisotopic (exact) mass is 249 g/mol. The van der Waals surface area contributed by atoms with Crippen molar-refractivity contribution in [2.45, 2.75) is 6.42 Å². The van der Waals surface area contributed by atoms with Gasteiger partial charge in [-0.15, -0.1) is 11.6 Å². The summed E-state index contributed by atoms with van der Waals surface area (Å²) in [5, 5.41) is 9.10. The van der Waals surface area contributed by atoms with Crippen LogP contribution >= 0.6 is 11.6 Å². The molecule has 2 N–H and O–H groups in total. The third-order valence-corrected chi connectivity index (χ3v) is 2.54. The van der Waals surface area contributed by atoms with E-state index in [-0.39, 0.29) is 5.91 Å². The quantitative estimate of drug-likeness (QED) is 0.818. The van der Waals surface area contributed by atoms with Gasteiger partial charge in [0.1, 0.15) is 0 Å². The van der Waals surface area contributed by atoms with Crippen molar-refractivity contribution < 1.29 is 4.79 Å². The molecular formula is C12H12ClN3O.